The van der Waals surface area contributed by atoms with Crippen molar-refractivity contribution in [3.63, 3.8) is 0 Å². The average molecular weight is 299 g/mol. The van der Waals surface area contributed by atoms with E-state index < -0.39 is 0 Å². The Bertz CT molecular complexity index is 927. The van der Waals surface area contributed by atoms with Crippen LogP contribution in [0.5, 0.6) is 0 Å². The van der Waals surface area contributed by atoms with Crippen LogP contribution in [0.1, 0.15) is 11.1 Å². The van der Waals surface area contributed by atoms with E-state index in [1.54, 1.807) is 0 Å². The lowest BCUT2D eigenvalue weighted by molar-refractivity contribution is 0.904. The van der Waals surface area contributed by atoms with Crippen LogP contribution < -0.4 is 22.7 Å². The number of benzene rings is 1. The fourth-order valence-electron chi connectivity index (χ4n) is 2.90. The number of hydrogen-bond acceptors (Lipinski definition) is 6. The minimum absolute atomic E-state index is 0.166. The van der Waals surface area contributed by atoms with E-state index in [0.29, 0.717) is 10.2 Å². The van der Waals surface area contributed by atoms with Gasteiger partial charge in [-0.15, -0.1) is 11.3 Å². The molecule has 2 aromatic heterocycles. The Kier molecular flexibility index (Phi) is 2.54. The Balaban J connectivity index is 2.11. The highest BCUT2D eigenvalue weighted by Gasteiger charge is 2.24. The van der Waals surface area contributed by atoms with Gasteiger partial charge < -0.3 is 5.84 Å². The zero-order valence-electron chi connectivity index (χ0n) is 11.1. The number of fused-ring (bicyclic) bond motifs is 5. The van der Waals surface area contributed by atoms with E-state index in [1.807, 2.05) is 12.1 Å². The molecule has 106 valence electrons. The van der Waals surface area contributed by atoms with Crippen molar-refractivity contribution in [2.45, 2.75) is 12.8 Å². The van der Waals surface area contributed by atoms with Crippen LogP contribution in [0.3, 0.4) is 0 Å². The third-order valence-corrected chi connectivity index (χ3v) is 5.05. The van der Waals surface area contributed by atoms with Crippen LogP contribution in [0, 0.1) is 0 Å². The van der Waals surface area contributed by atoms with Crippen molar-refractivity contribution in [2.75, 3.05) is 11.3 Å². The van der Waals surface area contributed by atoms with Gasteiger partial charge in [-0.25, -0.2) is 10.8 Å². The molecule has 0 saturated heterocycles. The molecule has 3 aromatic rings. The lowest BCUT2D eigenvalue weighted by Gasteiger charge is -2.15. The summed E-state index contributed by atoms with van der Waals surface area (Å²) in [5, 5.41) is 0.617. The van der Waals surface area contributed by atoms with Gasteiger partial charge in [0, 0.05) is 4.88 Å². The number of aromatic nitrogens is 2. The maximum absolute atomic E-state index is 12.5. The van der Waals surface area contributed by atoms with Crippen molar-refractivity contribution in [2.24, 2.45) is 5.84 Å². The first-order valence-corrected chi connectivity index (χ1v) is 7.40. The molecule has 1 aromatic carbocycles. The largest absolute Gasteiger partial charge is 0.333 e. The molecule has 21 heavy (non-hydrogen) atoms. The van der Waals surface area contributed by atoms with Crippen molar-refractivity contribution in [1.82, 2.24) is 9.66 Å². The molecule has 1 aliphatic rings. The second kappa shape index (κ2) is 4.31. The second-order valence-electron chi connectivity index (χ2n) is 5.00. The second-order valence-corrected chi connectivity index (χ2v) is 6.00. The van der Waals surface area contributed by atoms with Crippen LogP contribution in [0.25, 0.3) is 20.7 Å². The van der Waals surface area contributed by atoms with E-state index in [0.717, 1.165) is 28.0 Å². The number of nitrogens with one attached hydrogen (secondary N) is 1. The number of nitrogens with two attached hydrogens (primary N) is 2. The lowest BCUT2D eigenvalue weighted by Crippen LogP contribution is -2.32. The van der Waals surface area contributed by atoms with Crippen molar-refractivity contribution in [1.29, 1.82) is 0 Å². The summed E-state index contributed by atoms with van der Waals surface area (Å²) in [4.78, 5) is 18.6. The number of aryl methyl sites for hydroxylation is 2. The molecule has 1 aliphatic carbocycles. The highest BCUT2D eigenvalue weighted by atomic mass is 32.1. The van der Waals surface area contributed by atoms with Crippen LogP contribution in [-0.2, 0) is 12.8 Å². The molecule has 4 rings (SSSR count). The molecular formula is C14H13N5OS. The standard InChI is InChI=1S/C14H13N5OS/c15-18-14-17-12-10(13(20)19(14)16)9-6-5-7-3-1-2-4-8(7)11(9)21-12/h1-4H,5-6,15-16H2,(H,17,18). The fraction of sp³-hybridized carbons (Fsp3) is 0.143. The van der Waals surface area contributed by atoms with Crippen molar-refractivity contribution >= 4 is 27.5 Å². The quantitative estimate of drug-likeness (QED) is 0.463. The highest BCUT2D eigenvalue weighted by Crippen LogP contribution is 2.42. The molecule has 0 fully saturated rings. The summed E-state index contributed by atoms with van der Waals surface area (Å²) in [6.07, 6.45) is 1.76. The third-order valence-electron chi connectivity index (χ3n) is 3.89. The first-order valence-electron chi connectivity index (χ1n) is 6.59. The van der Waals surface area contributed by atoms with Crippen molar-refractivity contribution in [3.8, 4) is 10.4 Å². The molecule has 0 aliphatic heterocycles. The zero-order chi connectivity index (χ0) is 14.6. The van der Waals surface area contributed by atoms with Gasteiger partial charge in [0.25, 0.3) is 5.56 Å². The third kappa shape index (κ3) is 1.61. The van der Waals surface area contributed by atoms with E-state index in [4.69, 9.17) is 11.7 Å². The Morgan fingerprint density at radius 3 is 2.90 bits per heavy atom. The molecule has 7 heteroatoms. The van der Waals surface area contributed by atoms with Crippen LogP contribution >= 0.6 is 11.3 Å². The monoisotopic (exact) mass is 299 g/mol. The molecule has 0 amide bonds. The summed E-state index contributed by atoms with van der Waals surface area (Å²) in [5.41, 5.74) is 5.65. The number of rotatable bonds is 1. The van der Waals surface area contributed by atoms with Gasteiger partial charge in [0.15, 0.2) is 0 Å². The molecule has 6 nitrogen and oxygen atoms in total. The van der Waals surface area contributed by atoms with Gasteiger partial charge in [-0.05, 0) is 29.5 Å². The van der Waals surface area contributed by atoms with E-state index in [9.17, 15) is 4.79 Å². The normalized spacial score (nSPS) is 13.0. The van der Waals surface area contributed by atoms with Crippen molar-refractivity contribution < 1.29 is 0 Å². The maximum Gasteiger partial charge on any atom is 0.282 e. The van der Waals surface area contributed by atoms with Gasteiger partial charge in [-0.3, -0.25) is 10.2 Å². The number of nitrogen functional groups attached to an aromatic ring is 2. The van der Waals surface area contributed by atoms with Gasteiger partial charge >= 0.3 is 0 Å². The average Bonchev–Trinajstić information content (AvgIpc) is 2.89. The number of hydrogen-bond donors (Lipinski definition) is 3. The smallest absolute Gasteiger partial charge is 0.282 e. The topological polar surface area (TPSA) is 99.0 Å². The summed E-state index contributed by atoms with van der Waals surface area (Å²) >= 11 is 1.52. The van der Waals surface area contributed by atoms with Gasteiger partial charge in [-0.2, -0.15) is 4.68 Å². The fourth-order valence-corrected chi connectivity index (χ4v) is 4.17. The summed E-state index contributed by atoms with van der Waals surface area (Å²) in [6, 6.07) is 8.27. The van der Waals surface area contributed by atoms with Crippen LogP contribution in [-0.4, -0.2) is 9.66 Å². The number of hydrazine groups is 1. The number of thiophene rings is 1. The van der Waals surface area contributed by atoms with Gasteiger partial charge in [0.05, 0.1) is 5.39 Å². The van der Waals surface area contributed by atoms with Crippen LogP contribution in [0.2, 0.25) is 0 Å². The van der Waals surface area contributed by atoms with Gasteiger partial charge in [0.1, 0.15) is 4.83 Å². The predicted molar refractivity (Wildman–Crippen MR) is 84.7 cm³/mol. The molecule has 0 saturated carbocycles. The Morgan fingerprint density at radius 2 is 2.10 bits per heavy atom. The van der Waals surface area contributed by atoms with Gasteiger partial charge in [-0.1, -0.05) is 24.3 Å². The molecule has 5 N–H and O–H groups in total. The minimum Gasteiger partial charge on any atom is -0.333 e. The van der Waals surface area contributed by atoms with Crippen LogP contribution in [0.4, 0.5) is 5.95 Å². The summed E-state index contributed by atoms with van der Waals surface area (Å²) in [6.45, 7) is 0. The molecule has 0 atom stereocenters. The van der Waals surface area contributed by atoms with E-state index in [1.165, 1.54) is 22.5 Å². The summed E-state index contributed by atoms with van der Waals surface area (Å²) in [7, 11) is 0. The summed E-state index contributed by atoms with van der Waals surface area (Å²) < 4.78 is 0.968. The summed E-state index contributed by atoms with van der Waals surface area (Å²) in [5.74, 6) is 11.3. The molecule has 0 unspecified atom stereocenters. The zero-order valence-corrected chi connectivity index (χ0v) is 11.9. The van der Waals surface area contributed by atoms with Gasteiger partial charge in [0.2, 0.25) is 5.95 Å². The number of nitrogens with zero attached hydrogens (tertiary/aromatic N) is 2. The first kappa shape index (κ1) is 12.4. The molecular weight excluding hydrogens is 286 g/mol. The Morgan fingerprint density at radius 1 is 1.29 bits per heavy atom. The Labute approximate surface area is 124 Å². The molecule has 2 heterocycles. The molecule has 0 bridgehead atoms. The van der Waals surface area contributed by atoms with E-state index in [2.05, 4.69) is 22.5 Å². The number of anilines is 1. The van der Waals surface area contributed by atoms with Crippen molar-refractivity contribution in [3.05, 3.63) is 45.7 Å². The Hall–Kier alpha value is -2.38. The van der Waals surface area contributed by atoms with E-state index >= 15 is 0 Å². The minimum atomic E-state index is -0.259. The molecule has 0 radical (unpaired) electrons. The molecule has 0 spiro atoms. The van der Waals surface area contributed by atoms with E-state index in [-0.39, 0.29) is 11.5 Å². The van der Waals surface area contributed by atoms with Crippen LogP contribution in [0.15, 0.2) is 29.1 Å². The highest BCUT2D eigenvalue weighted by molar-refractivity contribution is 7.22. The SMILES string of the molecule is NNc1nc2sc3c(c2c(=O)n1N)CCc1ccccc1-3. The lowest BCUT2D eigenvalue weighted by atomic mass is 9.90. The first-order chi connectivity index (χ1) is 10.2. The predicted octanol–water partition coefficient (Wildman–Crippen LogP) is 1.22. The maximum atomic E-state index is 12.5.